The number of benzene rings is 1. The zero-order valence-corrected chi connectivity index (χ0v) is 17.8. The minimum atomic E-state index is -0.345. The van der Waals surface area contributed by atoms with Crippen LogP contribution in [0.3, 0.4) is 0 Å². The minimum Gasteiger partial charge on any atom is -0.380 e. The molecular formula is C23H24FN7O. The van der Waals surface area contributed by atoms with Crippen molar-refractivity contribution >= 4 is 17.4 Å². The third-order valence-electron chi connectivity index (χ3n) is 6.72. The summed E-state index contributed by atoms with van der Waals surface area (Å²) in [6.07, 6.45) is 5.56. The van der Waals surface area contributed by atoms with Gasteiger partial charge in [0.25, 0.3) is 5.91 Å². The Hall–Kier alpha value is -3.49. The second-order valence-corrected chi connectivity index (χ2v) is 8.91. The minimum absolute atomic E-state index is 0.0748. The van der Waals surface area contributed by atoms with Crippen molar-refractivity contribution in [3.8, 4) is 11.3 Å². The van der Waals surface area contributed by atoms with E-state index in [-0.39, 0.29) is 23.8 Å². The fourth-order valence-electron chi connectivity index (χ4n) is 5.07. The normalized spacial score (nSPS) is 20.3. The summed E-state index contributed by atoms with van der Waals surface area (Å²) in [4.78, 5) is 17.8. The van der Waals surface area contributed by atoms with Gasteiger partial charge in [-0.1, -0.05) is 0 Å². The van der Waals surface area contributed by atoms with Crippen LogP contribution in [-0.2, 0) is 13.6 Å². The molecule has 3 aliphatic rings. The van der Waals surface area contributed by atoms with Crippen molar-refractivity contribution in [3.63, 3.8) is 0 Å². The van der Waals surface area contributed by atoms with E-state index in [4.69, 9.17) is 5.73 Å². The lowest BCUT2D eigenvalue weighted by Crippen LogP contribution is -2.35. The Morgan fingerprint density at radius 1 is 1.09 bits per heavy atom. The Balaban J connectivity index is 1.61. The van der Waals surface area contributed by atoms with E-state index in [1.807, 2.05) is 24.2 Å². The lowest BCUT2D eigenvalue weighted by molar-refractivity contribution is 0.0726. The van der Waals surface area contributed by atoms with Crippen molar-refractivity contribution < 1.29 is 9.18 Å². The Bertz CT molecular complexity index is 1240. The molecule has 0 unspecified atom stereocenters. The van der Waals surface area contributed by atoms with Crippen LogP contribution >= 0.6 is 0 Å². The van der Waals surface area contributed by atoms with Crippen LogP contribution in [-0.4, -0.2) is 43.4 Å². The predicted molar refractivity (Wildman–Crippen MR) is 117 cm³/mol. The Morgan fingerprint density at radius 3 is 2.75 bits per heavy atom. The summed E-state index contributed by atoms with van der Waals surface area (Å²) >= 11 is 0. The van der Waals surface area contributed by atoms with Crippen LogP contribution in [0.4, 0.5) is 15.9 Å². The van der Waals surface area contributed by atoms with Crippen LogP contribution in [0.2, 0.25) is 0 Å². The molecule has 1 aromatic carbocycles. The molecule has 4 heterocycles. The zero-order chi connectivity index (χ0) is 22.0. The molecule has 9 heteroatoms. The number of amides is 1. The molecule has 2 fully saturated rings. The molecular weight excluding hydrogens is 409 g/mol. The number of nitrogens with two attached hydrogens (primary N) is 1. The van der Waals surface area contributed by atoms with Crippen molar-refractivity contribution in [1.29, 1.82) is 0 Å². The SMILES string of the molecule is Cn1cc2c(n1)CN(C1CC1)C(=O)c1ccc(F)cc1[C@H]1CCCN1c1cc-2nnc1N. The van der Waals surface area contributed by atoms with Gasteiger partial charge in [0.1, 0.15) is 5.82 Å². The average Bonchev–Trinajstić information content (AvgIpc) is 3.38. The molecule has 2 bridgehead atoms. The molecule has 0 spiro atoms. The van der Waals surface area contributed by atoms with Crippen molar-refractivity contribution in [3.05, 3.63) is 53.1 Å². The number of halogens is 1. The molecule has 0 radical (unpaired) electrons. The Morgan fingerprint density at radius 2 is 1.94 bits per heavy atom. The van der Waals surface area contributed by atoms with Crippen LogP contribution in [0, 0.1) is 5.82 Å². The van der Waals surface area contributed by atoms with Crippen LogP contribution < -0.4 is 10.6 Å². The third kappa shape index (κ3) is 3.03. The number of anilines is 2. The summed E-state index contributed by atoms with van der Waals surface area (Å²) in [7, 11) is 1.86. The molecule has 1 aliphatic carbocycles. The highest BCUT2D eigenvalue weighted by atomic mass is 19.1. The molecule has 2 N–H and O–H groups in total. The molecule has 8 nitrogen and oxygen atoms in total. The first-order chi connectivity index (χ1) is 15.5. The van der Waals surface area contributed by atoms with E-state index in [0.717, 1.165) is 49.2 Å². The van der Waals surface area contributed by atoms with Crippen molar-refractivity contribution in [2.75, 3.05) is 17.2 Å². The third-order valence-corrected chi connectivity index (χ3v) is 6.72. The quantitative estimate of drug-likeness (QED) is 0.634. The summed E-state index contributed by atoms with van der Waals surface area (Å²) in [6.45, 7) is 1.11. The number of rotatable bonds is 1. The van der Waals surface area contributed by atoms with Crippen LogP contribution in [0.15, 0.2) is 30.5 Å². The monoisotopic (exact) mass is 433 g/mol. The molecule has 3 aromatic rings. The number of hydrogen-bond acceptors (Lipinski definition) is 6. The van der Waals surface area contributed by atoms with Gasteiger partial charge in [-0.2, -0.15) is 5.10 Å². The van der Waals surface area contributed by atoms with Gasteiger partial charge in [-0.05, 0) is 55.5 Å². The predicted octanol–water partition coefficient (Wildman–Crippen LogP) is 3.06. The Kier molecular flexibility index (Phi) is 4.21. The summed E-state index contributed by atoms with van der Waals surface area (Å²) in [5.74, 6) is -0.0942. The molecule has 2 aromatic heterocycles. The van der Waals surface area contributed by atoms with Crippen molar-refractivity contribution in [2.24, 2.45) is 7.05 Å². The number of fused-ring (bicyclic) bond motifs is 8. The van der Waals surface area contributed by atoms with E-state index in [9.17, 15) is 9.18 Å². The number of aromatic nitrogens is 4. The van der Waals surface area contributed by atoms with E-state index < -0.39 is 0 Å². The largest absolute Gasteiger partial charge is 0.380 e. The number of aryl methyl sites for hydroxylation is 1. The lowest BCUT2D eigenvalue weighted by Gasteiger charge is -2.31. The average molecular weight is 433 g/mol. The summed E-state index contributed by atoms with van der Waals surface area (Å²) in [5, 5.41) is 13.2. The smallest absolute Gasteiger partial charge is 0.254 e. The topological polar surface area (TPSA) is 93.2 Å². The first-order valence-electron chi connectivity index (χ1n) is 11.0. The van der Waals surface area contributed by atoms with Gasteiger partial charge in [0.05, 0.1) is 29.7 Å². The highest BCUT2D eigenvalue weighted by molar-refractivity contribution is 5.96. The second kappa shape index (κ2) is 7.01. The molecule has 1 atom stereocenters. The maximum absolute atomic E-state index is 14.4. The van der Waals surface area contributed by atoms with E-state index in [2.05, 4.69) is 20.2 Å². The highest BCUT2D eigenvalue weighted by Crippen LogP contribution is 2.42. The van der Waals surface area contributed by atoms with Crippen molar-refractivity contribution in [1.82, 2.24) is 24.9 Å². The van der Waals surface area contributed by atoms with Crippen LogP contribution in [0.1, 0.15) is 53.3 Å². The molecule has 1 saturated carbocycles. The van der Waals surface area contributed by atoms with E-state index >= 15 is 0 Å². The second-order valence-electron chi connectivity index (χ2n) is 8.91. The molecule has 164 valence electrons. The molecule has 6 rings (SSSR count). The first kappa shape index (κ1) is 19.2. The fraction of sp³-hybridized carbons (Fsp3) is 0.391. The van der Waals surface area contributed by atoms with Gasteiger partial charge in [0.15, 0.2) is 5.82 Å². The standard InChI is InChI=1S/C23H24FN7O/c1-29-11-17-18-10-21(22(25)27-26-18)30-8-2-3-20(30)16-9-13(24)4-7-15(16)23(32)31(14-5-6-14)12-19(17)28-29/h4,7,9-11,14,20H,2-3,5-6,8,12H2,1H3,(H2,25,27)/t20-/m1/s1. The molecule has 2 aliphatic heterocycles. The number of nitrogen functional groups attached to an aromatic ring is 1. The van der Waals surface area contributed by atoms with E-state index in [0.29, 0.717) is 29.2 Å². The lowest BCUT2D eigenvalue weighted by atomic mass is 9.96. The summed E-state index contributed by atoms with van der Waals surface area (Å²) < 4.78 is 16.1. The van der Waals surface area contributed by atoms with Crippen LogP contribution in [0.25, 0.3) is 11.3 Å². The maximum atomic E-state index is 14.4. The van der Waals surface area contributed by atoms with Gasteiger partial charge in [0, 0.05) is 37.0 Å². The highest BCUT2D eigenvalue weighted by Gasteiger charge is 2.38. The molecule has 1 saturated heterocycles. The van der Waals surface area contributed by atoms with Gasteiger partial charge >= 0.3 is 0 Å². The van der Waals surface area contributed by atoms with Gasteiger partial charge in [0.2, 0.25) is 0 Å². The van der Waals surface area contributed by atoms with Crippen molar-refractivity contribution in [2.45, 2.75) is 44.3 Å². The fourth-order valence-corrected chi connectivity index (χ4v) is 5.07. The Labute approximate surface area is 184 Å². The van der Waals surface area contributed by atoms with Gasteiger partial charge in [-0.15, -0.1) is 10.2 Å². The van der Waals surface area contributed by atoms with E-state index in [1.54, 1.807) is 10.7 Å². The zero-order valence-electron chi connectivity index (χ0n) is 17.8. The van der Waals surface area contributed by atoms with Crippen LogP contribution in [0.5, 0.6) is 0 Å². The number of carbonyl (C=O) groups is 1. The maximum Gasteiger partial charge on any atom is 0.254 e. The van der Waals surface area contributed by atoms with E-state index in [1.165, 1.54) is 12.1 Å². The number of hydrogen-bond donors (Lipinski definition) is 1. The molecule has 32 heavy (non-hydrogen) atoms. The van der Waals surface area contributed by atoms with Gasteiger partial charge in [-0.3, -0.25) is 9.48 Å². The summed E-state index contributed by atoms with van der Waals surface area (Å²) in [5.41, 5.74) is 10.6. The number of carbonyl (C=O) groups excluding carboxylic acids is 1. The van der Waals surface area contributed by atoms with Gasteiger partial charge in [-0.25, -0.2) is 4.39 Å². The molecule has 1 amide bonds. The first-order valence-corrected chi connectivity index (χ1v) is 11.0. The number of nitrogens with zero attached hydrogens (tertiary/aromatic N) is 6. The summed E-state index contributed by atoms with van der Waals surface area (Å²) in [6, 6.07) is 6.47. The van der Waals surface area contributed by atoms with Gasteiger partial charge < -0.3 is 15.5 Å².